The molecule has 18 heavy (non-hydrogen) atoms. The topological polar surface area (TPSA) is 30.3 Å². The van der Waals surface area contributed by atoms with Crippen LogP contribution in [-0.4, -0.2) is 37.6 Å². The van der Waals surface area contributed by atoms with Gasteiger partial charge in [-0.3, -0.25) is 0 Å². The van der Waals surface area contributed by atoms with E-state index in [9.17, 15) is 5.26 Å². The van der Waals surface area contributed by atoms with Gasteiger partial charge in [0, 0.05) is 24.2 Å². The maximum absolute atomic E-state index is 9.22. The molecule has 1 saturated heterocycles. The van der Waals surface area contributed by atoms with E-state index in [1.165, 1.54) is 0 Å². The summed E-state index contributed by atoms with van der Waals surface area (Å²) in [5.41, 5.74) is 1.67. The minimum absolute atomic E-state index is 0.392. The summed E-state index contributed by atoms with van der Waals surface area (Å²) in [6.07, 6.45) is 1.11. The van der Waals surface area contributed by atoms with Crippen LogP contribution < -0.4 is 4.90 Å². The highest BCUT2D eigenvalue weighted by Crippen LogP contribution is 2.27. The van der Waals surface area contributed by atoms with Crippen molar-refractivity contribution in [3.05, 3.63) is 28.8 Å². The van der Waals surface area contributed by atoms with E-state index in [2.05, 4.69) is 29.8 Å². The van der Waals surface area contributed by atoms with Gasteiger partial charge in [0.1, 0.15) is 6.07 Å². The van der Waals surface area contributed by atoms with Gasteiger partial charge in [0.2, 0.25) is 0 Å². The average Bonchev–Trinajstić information content (AvgIpc) is 2.50. The molecule has 1 aliphatic heterocycles. The lowest BCUT2D eigenvalue weighted by Crippen LogP contribution is -2.38. The Morgan fingerprint density at radius 2 is 2.17 bits per heavy atom. The summed E-state index contributed by atoms with van der Waals surface area (Å²) in [5, 5.41) is 9.91. The van der Waals surface area contributed by atoms with Crippen molar-refractivity contribution in [3.8, 4) is 6.07 Å². The minimum Gasteiger partial charge on any atom is -0.366 e. The normalized spacial score (nSPS) is 21.4. The highest BCUT2D eigenvalue weighted by molar-refractivity contribution is 6.30. The third kappa shape index (κ3) is 2.77. The Kier molecular flexibility index (Phi) is 4.11. The molecular formula is C14H18ClN3. The van der Waals surface area contributed by atoms with Crippen molar-refractivity contribution in [2.24, 2.45) is 0 Å². The molecule has 96 valence electrons. The smallest absolute Gasteiger partial charge is 0.101 e. The van der Waals surface area contributed by atoms with Crippen molar-refractivity contribution in [3.63, 3.8) is 0 Å². The maximum Gasteiger partial charge on any atom is 0.101 e. The largest absolute Gasteiger partial charge is 0.366 e. The van der Waals surface area contributed by atoms with Crippen molar-refractivity contribution in [2.45, 2.75) is 19.4 Å². The van der Waals surface area contributed by atoms with Crippen LogP contribution in [0.5, 0.6) is 0 Å². The lowest BCUT2D eigenvalue weighted by atomic mass is 10.1. The highest BCUT2D eigenvalue weighted by Gasteiger charge is 2.22. The second-order valence-corrected chi connectivity index (χ2v) is 5.37. The third-order valence-electron chi connectivity index (χ3n) is 3.44. The summed E-state index contributed by atoms with van der Waals surface area (Å²) < 4.78 is 0. The van der Waals surface area contributed by atoms with Gasteiger partial charge >= 0.3 is 0 Å². The van der Waals surface area contributed by atoms with Crippen LogP contribution in [0.3, 0.4) is 0 Å². The van der Waals surface area contributed by atoms with E-state index in [0.29, 0.717) is 16.6 Å². The van der Waals surface area contributed by atoms with E-state index in [1.54, 1.807) is 12.1 Å². The van der Waals surface area contributed by atoms with Crippen LogP contribution in [-0.2, 0) is 0 Å². The molecular weight excluding hydrogens is 246 g/mol. The van der Waals surface area contributed by atoms with Crippen LogP contribution in [0.25, 0.3) is 0 Å². The molecule has 1 fully saturated rings. The van der Waals surface area contributed by atoms with Gasteiger partial charge in [-0.15, -0.1) is 0 Å². The molecule has 2 rings (SSSR count). The Hall–Kier alpha value is -1.24. The van der Waals surface area contributed by atoms with Gasteiger partial charge in [0.15, 0.2) is 0 Å². The molecule has 1 aliphatic rings. The number of anilines is 1. The van der Waals surface area contributed by atoms with Crippen LogP contribution in [0, 0.1) is 11.3 Å². The zero-order valence-corrected chi connectivity index (χ0v) is 11.6. The number of benzene rings is 1. The summed E-state index contributed by atoms with van der Waals surface area (Å²) in [5.74, 6) is 0. The summed E-state index contributed by atoms with van der Waals surface area (Å²) >= 11 is 6.06. The van der Waals surface area contributed by atoms with Crippen LogP contribution in [0.4, 0.5) is 5.69 Å². The zero-order chi connectivity index (χ0) is 13.1. The molecule has 0 aliphatic carbocycles. The van der Waals surface area contributed by atoms with Crippen molar-refractivity contribution in [1.29, 1.82) is 5.26 Å². The molecule has 1 unspecified atom stereocenters. The molecule has 0 spiro atoms. The van der Waals surface area contributed by atoms with E-state index < -0.39 is 0 Å². The molecule has 1 heterocycles. The van der Waals surface area contributed by atoms with Gasteiger partial charge in [-0.2, -0.15) is 5.26 Å². The quantitative estimate of drug-likeness (QED) is 0.781. The SMILES string of the molecule is CC1CN(C)CCCN1c1cc(Cl)ccc1C#N. The Morgan fingerprint density at radius 1 is 1.39 bits per heavy atom. The van der Waals surface area contributed by atoms with E-state index in [4.69, 9.17) is 11.6 Å². The third-order valence-corrected chi connectivity index (χ3v) is 3.67. The molecule has 3 nitrogen and oxygen atoms in total. The molecule has 0 radical (unpaired) electrons. The first-order chi connectivity index (χ1) is 8.61. The molecule has 1 aromatic rings. The summed E-state index contributed by atoms with van der Waals surface area (Å²) in [6, 6.07) is 8.14. The molecule has 0 saturated carbocycles. The maximum atomic E-state index is 9.22. The fraction of sp³-hybridized carbons (Fsp3) is 0.500. The number of hydrogen-bond donors (Lipinski definition) is 0. The number of halogens is 1. The van der Waals surface area contributed by atoms with Crippen LogP contribution in [0.2, 0.25) is 5.02 Å². The number of nitrogens with zero attached hydrogens (tertiary/aromatic N) is 3. The van der Waals surface area contributed by atoms with Gasteiger partial charge in [0.05, 0.1) is 11.3 Å². The Balaban J connectivity index is 2.35. The Labute approximate surface area is 114 Å². The van der Waals surface area contributed by atoms with Crippen LogP contribution in [0.1, 0.15) is 18.9 Å². The van der Waals surface area contributed by atoms with Crippen LogP contribution in [0.15, 0.2) is 18.2 Å². The number of likely N-dealkylation sites (N-methyl/N-ethyl adjacent to an activating group) is 1. The fourth-order valence-corrected chi connectivity index (χ4v) is 2.73. The summed E-state index contributed by atoms with van der Waals surface area (Å²) in [6.45, 7) is 5.28. The van der Waals surface area contributed by atoms with Crippen LogP contribution >= 0.6 is 11.6 Å². The highest BCUT2D eigenvalue weighted by atomic mass is 35.5. The zero-order valence-electron chi connectivity index (χ0n) is 10.9. The Bertz CT molecular complexity index is 467. The Morgan fingerprint density at radius 3 is 2.89 bits per heavy atom. The van der Waals surface area contributed by atoms with Gasteiger partial charge in [-0.1, -0.05) is 11.6 Å². The molecule has 4 heteroatoms. The summed E-state index contributed by atoms with van der Waals surface area (Å²) in [7, 11) is 2.14. The minimum atomic E-state index is 0.392. The lowest BCUT2D eigenvalue weighted by Gasteiger charge is -2.31. The van der Waals surface area contributed by atoms with E-state index >= 15 is 0 Å². The summed E-state index contributed by atoms with van der Waals surface area (Å²) in [4.78, 5) is 4.63. The number of hydrogen-bond acceptors (Lipinski definition) is 3. The van der Waals surface area contributed by atoms with Crippen molar-refractivity contribution >= 4 is 17.3 Å². The molecule has 0 N–H and O–H groups in total. The second-order valence-electron chi connectivity index (χ2n) is 4.93. The number of rotatable bonds is 1. The fourth-order valence-electron chi connectivity index (χ4n) is 2.57. The van der Waals surface area contributed by atoms with E-state index in [1.807, 2.05) is 6.07 Å². The van der Waals surface area contributed by atoms with E-state index in [-0.39, 0.29) is 0 Å². The molecule has 1 aromatic carbocycles. The van der Waals surface area contributed by atoms with Gasteiger partial charge in [-0.25, -0.2) is 0 Å². The van der Waals surface area contributed by atoms with Crippen molar-refractivity contribution < 1.29 is 0 Å². The average molecular weight is 264 g/mol. The van der Waals surface area contributed by atoms with Gasteiger partial charge in [0.25, 0.3) is 0 Å². The first-order valence-electron chi connectivity index (χ1n) is 6.26. The van der Waals surface area contributed by atoms with Gasteiger partial charge in [-0.05, 0) is 45.1 Å². The van der Waals surface area contributed by atoms with Gasteiger partial charge < -0.3 is 9.80 Å². The molecule has 0 bridgehead atoms. The second kappa shape index (κ2) is 5.60. The lowest BCUT2D eigenvalue weighted by molar-refractivity contribution is 0.337. The predicted molar refractivity (Wildman–Crippen MR) is 75.1 cm³/mol. The predicted octanol–water partition coefficient (Wildman–Crippen LogP) is 2.74. The van der Waals surface area contributed by atoms with Crippen molar-refractivity contribution in [1.82, 2.24) is 4.90 Å². The number of nitriles is 1. The van der Waals surface area contributed by atoms with Crippen molar-refractivity contribution in [2.75, 3.05) is 31.6 Å². The monoisotopic (exact) mass is 263 g/mol. The standard InChI is InChI=1S/C14H18ClN3/c1-11-10-17(2)6-3-7-18(11)14-8-13(15)5-4-12(14)9-16/h4-5,8,11H,3,6-7,10H2,1-2H3. The first-order valence-corrected chi connectivity index (χ1v) is 6.64. The first kappa shape index (κ1) is 13.2. The molecule has 0 aromatic heterocycles. The molecule has 1 atom stereocenters. The molecule has 0 amide bonds. The van der Waals surface area contributed by atoms with E-state index in [0.717, 1.165) is 31.7 Å².